The molecule has 1 saturated heterocycles. The van der Waals surface area contributed by atoms with E-state index in [9.17, 15) is 4.79 Å². The Morgan fingerprint density at radius 3 is 2.56 bits per heavy atom. The van der Waals surface area contributed by atoms with Gasteiger partial charge in [0.2, 0.25) is 0 Å². The number of likely N-dealkylation sites (tertiary alicyclic amines) is 1. The predicted molar refractivity (Wildman–Crippen MR) is 72.0 cm³/mol. The van der Waals surface area contributed by atoms with Crippen LogP contribution in [0.4, 0.5) is 0 Å². The fourth-order valence-electron chi connectivity index (χ4n) is 2.88. The van der Waals surface area contributed by atoms with E-state index in [0.717, 1.165) is 25.9 Å². The summed E-state index contributed by atoms with van der Waals surface area (Å²) in [6, 6.07) is 6.65. The number of benzene rings is 1. The van der Waals surface area contributed by atoms with Crippen molar-refractivity contribution in [2.45, 2.75) is 32.6 Å². The fraction of sp³-hybridized carbons (Fsp3) is 0.533. The first kappa shape index (κ1) is 13.1. The van der Waals surface area contributed by atoms with Gasteiger partial charge in [0.25, 0.3) is 0 Å². The van der Waals surface area contributed by atoms with E-state index in [1.54, 1.807) is 0 Å². The molecule has 1 aromatic carbocycles. The number of aryl methyl sites for hydroxylation is 2. The first-order chi connectivity index (χ1) is 8.56. The van der Waals surface area contributed by atoms with E-state index < -0.39 is 5.97 Å². The van der Waals surface area contributed by atoms with Crippen LogP contribution in [-0.4, -0.2) is 35.6 Å². The maximum atomic E-state index is 10.7. The first-order valence-electron chi connectivity index (χ1n) is 6.57. The molecule has 0 unspecified atom stereocenters. The van der Waals surface area contributed by atoms with Crippen LogP contribution in [0.1, 0.15) is 35.4 Å². The molecule has 1 aliphatic heterocycles. The van der Waals surface area contributed by atoms with E-state index in [4.69, 9.17) is 5.11 Å². The molecule has 0 amide bonds. The number of hydrogen-bond acceptors (Lipinski definition) is 2. The van der Waals surface area contributed by atoms with Crippen molar-refractivity contribution in [1.82, 2.24) is 4.90 Å². The Balaban J connectivity index is 1.99. The third-order valence-corrected chi connectivity index (χ3v) is 3.81. The summed E-state index contributed by atoms with van der Waals surface area (Å²) in [5, 5.41) is 8.78. The van der Waals surface area contributed by atoms with E-state index in [1.807, 2.05) is 4.90 Å². The molecule has 18 heavy (non-hydrogen) atoms. The van der Waals surface area contributed by atoms with Gasteiger partial charge in [0.1, 0.15) is 0 Å². The highest BCUT2D eigenvalue weighted by Gasteiger charge is 2.22. The fourth-order valence-corrected chi connectivity index (χ4v) is 2.88. The van der Waals surface area contributed by atoms with Gasteiger partial charge in [-0.2, -0.15) is 0 Å². The molecule has 0 bridgehead atoms. The van der Waals surface area contributed by atoms with Gasteiger partial charge in [-0.1, -0.05) is 23.8 Å². The Bertz CT molecular complexity index is 434. The van der Waals surface area contributed by atoms with E-state index >= 15 is 0 Å². The summed E-state index contributed by atoms with van der Waals surface area (Å²) < 4.78 is 0. The van der Waals surface area contributed by atoms with Crippen molar-refractivity contribution in [2.75, 3.05) is 19.6 Å². The van der Waals surface area contributed by atoms with Crippen molar-refractivity contribution < 1.29 is 9.90 Å². The van der Waals surface area contributed by atoms with Gasteiger partial charge in [-0.3, -0.25) is 9.69 Å². The van der Waals surface area contributed by atoms with Crippen LogP contribution in [-0.2, 0) is 4.79 Å². The topological polar surface area (TPSA) is 40.5 Å². The lowest BCUT2D eigenvalue weighted by atomic mass is 9.86. The van der Waals surface area contributed by atoms with Crippen LogP contribution in [0.15, 0.2) is 18.2 Å². The molecule has 0 saturated carbocycles. The summed E-state index contributed by atoms with van der Waals surface area (Å²) in [6.45, 7) is 6.26. The van der Waals surface area contributed by atoms with E-state index in [2.05, 4.69) is 32.0 Å². The number of rotatable bonds is 3. The van der Waals surface area contributed by atoms with E-state index in [-0.39, 0.29) is 6.54 Å². The number of carboxylic acids is 1. The zero-order valence-electron chi connectivity index (χ0n) is 11.1. The Morgan fingerprint density at radius 2 is 2.00 bits per heavy atom. The van der Waals surface area contributed by atoms with Gasteiger partial charge >= 0.3 is 5.97 Å². The highest BCUT2D eigenvalue weighted by Crippen LogP contribution is 2.30. The molecular formula is C15H21NO2. The molecule has 0 spiro atoms. The van der Waals surface area contributed by atoms with Crippen LogP contribution in [0.25, 0.3) is 0 Å². The van der Waals surface area contributed by atoms with Gasteiger partial charge in [0, 0.05) is 0 Å². The number of hydrogen-bond donors (Lipinski definition) is 1. The third-order valence-electron chi connectivity index (χ3n) is 3.81. The summed E-state index contributed by atoms with van der Waals surface area (Å²) >= 11 is 0. The second kappa shape index (κ2) is 5.53. The average molecular weight is 247 g/mol. The van der Waals surface area contributed by atoms with Gasteiger partial charge in [0.15, 0.2) is 0 Å². The average Bonchev–Trinajstić information content (AvgIpc) is 2.30. The lowest BCUT2D eigenvalue weighted by Crippen LogP contribution is -2.36. The Kier molecular flexibility index (Phi) is 4.02. The number of carbonyl (C=O) groups is 1. The summed E-state index contributed by atoms with van der Waals surface area (Å²) in [5.41, 5.74) is 4.11. The molecule has 1 fully saturated rings. The van der Waals surface area contributed by atoms with Gasteiger partial charge in [-0.25, -0.2) is 0 Å². The maximum Gasteiger partial charge on any atom is 0.317 e. The van der Waals surface area contributed by atoms with Gasteiger partial charge in [0.05, 0.1) is 6.54 Å². The highest BCUT2D eigenvalue weighted by atomic mass is 16.4. The lowest BCUT2D eigenvalue weighted by Gasteiger charge is -2.31. The molecule has 1 aromatic rings. The standard InChI is InChI=1S/C15H21NO2/c1-11-3-4-14(12(2)9-11)13-5-7-16(8-6-13)10-15(17)18/h3-4,9,13H,5-8,10H2,1-2H3,(H,17,18). The van der Waals surface area contributed by atoms with Crippen LogP contribution in [0.3, 0.4) is 0 Å². The molecule has 0 aromatic heterocycles. The van der Waals surface area contributed by atoms with Crippen molar-refractivity contribution in [1.29, 1.82) is 0 Å². The largest absolute Gasteiger partial charge is 0.480 e. The van der Waals surface area contributed by atoms with Crippen LogP contribution >= 0.6 is 0 Å². The summed E-state index contributed by atoms with van der Waals surface area (Å²) in [4.78, 5) is 12.7. The highest BCUT2D eigenvalue weighted by molar-refractivity contribution is 5.69. The molecule has 0 aliphatic carbocycles. The first-order valence-corrected chi connectivity index (χ1v) is 6.57. The summed E-state index contributed by atoms with van der Waals surface area (Å²) in [7, 11) is 0. The van der Waals surface area contributed by atoms with Crippen molar-refractivity contribution in [3.63, 3.8) is 0 Å². The molecule has 1 N–H and O–H groups in total. The van der Waals surface area contributed by atoms with Crippen LogP contribution in [0, 0.1) is 13.8 Å². The molecule has 1 aliphatic rings. The number of carboxylic acid groups (broad SMARTS) is 1. The second-order valence-electron chi connectivity index (χ2n) is 5.30. The van der Waals surface area contributed by atoms with Crippen LogP contribution in [0.2, 0.25) is 0 Å². The summed E-state index contributed by atoms with van der Waals surface area (Å²) in [5.74, 6) is -0.129. The van der Waals surface area contributed by atoms with Crippen molar-refractivity contribution >= 4 is 5.97 Å². The van der Waals surface area contributed by atoms with Crippen molar-refractivity contribution in [2.24, 2.45) is 0 Å². The monoisotopic (exact) mass is 247 g/mol. The predicted octanol–water partition coefficient (Wildman–Crippen LogP) is 2.57. The second-order valence-corrected chi connectivity index (χ2v) is 5.30. The lowest BCUT2D eigenvalue weighted by molar-refractivity contribution is -0.138. The van der Waals surface area contributed by atoms with E-state index in [0.29, 0.717) is 5.92 Å². The number of aliphatic carboxylic acids is 1. The maximum absolute atomic E-state index is 10.7. The SMILES string of the molecule is Cc1ccc(C2CCN(CC(=O)O)CC2)c(C)c1. The van der Waals surface area contributed by atoms with Gasteiger partial charge in [-0.05, 0) is 56.8 Å². The van der Waals surface area contributed by atoms with Crippen LogP contribution < -0.4 is 0 Å². The Hall–Kier alpha value is -1.35. The number of nitrogens with zero attached hydrogens (tertiary/aromatic N) is 1. The molecule has 0 atom stereocenters. The van der Waals surface area contributed by atoms with Crippen LogP contribution in [0.5, 0.6) is 0 Å². The molecule has 3 heteroatoms. The minimum atomic E-state index is -0.722. The summed E-state index contributed by atoms with van der Waals surface area (Å²) in [6.07, 6.45) is 2.13. The zero-order chi connectivity index (χ0) is 13.1. The van der Waals surface area contributed by atoms with E-state index in [1.165, 1.54) is 16.7 Å². The minimum Gasteiger partial charge on any atom is -0.480 e. The minimum absolute atomic E-state index is 0.180. The van der Waals surface area contributed by atoms with Gasteiger partial charge < -0.3 is 5.11 Å². The molecule has 2 rings (SSSR count). The zero-order valence-corrected chi connectivity index (χ0v) is 11.1. The smallest absolute Gasteiger partial charge is 0.317 e. The third kappa shape index (κ3) is 3.10. The quantitative estimate of drug-likeness (QED) is 0.892. The molecule has 3 nitrogen and oxygen atoms in total. The molecule has 98 valence electrons. The van der Waals surface area contributed by atoms with Crippen molar-refractivity contribution in [3.05, 3.63) is 34.9 Å². The molecule has 0 radical (unpaired) electrons. The normalized spacial score (nSPS) is 17.9. The Labute approximate surface area is 108 Å². The van der Waals surface area contributed by atoms with Crippen molar-refractivity contribution in [3.8, 4) is 0 Å². The molecule has 1 heterocycles. The number of piperidine rings is 1. The molecular weight excluding hydrogens is 226 g/mol. The van der Waals surface area contributed by atoms with Gasteiger partial charge in [-0.15, -0.1) is 0 Å². The Morgan fingerprint density at radius 1 is 1.33 bits per heavy atom.